The Morgan fingerprint density at radius 1 is 1.77 bits per heavy atom. The van der Waals surface area contributed by atoms with Gasteiger partial charge in [0.2, 0.25) is 5.82 Å². The summed E-state index contributed by atoms with van der Waals surface area (Å²) >= 11 is 0. The summed E-state index contributed by atoms with van der Waals surface area (Å²) in [5, 5.41) is 8.87. The first-order valence-corrected chi connectivity index (χ1v) is 4.53. The molecule has 70 valence electrons. The fourth-order valence-electron chi connectivity index (χ4n) is 1.56. The smallest absolute Gasteiger partial charge is 0.372 e. The quantitative estimate of drug-likeness (QED) is 0.766. The van der Waals surface area contributed by atoms with Gasteiger partial charge in [0.15, 0.2) is 0 Å². The highest BCUT2D eigenvalue weighted by atomic mass is 16.4. The van der Waals surface area contributed by atoms with Gasteiger partial charge in [-0.2, -0.15) is 0 Å². The molecule has 0 aromatic carbocycles. The normalized spacial score (nSPS) is 16.1. The molecule has 1 aromatic heterocycles. The van der Waals surface area contributed by atoms with Gasteiger partial charge in [0.1, 0.15) is 0 Å². The molecule has 4 nitrogen and oxygen atoms in total. The maximum absolute atomic E-state index is 10.8. The van der Waals surface area contributed by atoms with Gasteiger partial charge in [0.25, 0.3) is 0 Å². The Balaban J connectivity index is 2.44. The minimum absolute atomic E-state index is 0.194. The van der Waals surface area contributed by atoms with E-state index in [0.717, 1.165) is 25.0 Å². The van der Waals surface area contributed by atoms with Crippen LogP contribution in [0.4, 0.5) is 0 Å². The zero-order valence-electron chi connectivity index (χ0n) is 7.53. The molecule has 1 aliphatic carbocycles. The van der Waals surface area contributed by atoms with Crippen LogP contribution in [0.25, 0.3) is 0 Å². The Kier molecular flexibility index (Phi) is 1.83. The summed E-state index contributed by atoms with van der Waals surface area (Å²) in [6, 6.07) is 0.392. The molecule has 0 spiro atoms. The van der Waals surface area contributed by atoms with E-state index in [-0.39, 0.29) is 5.82 Å². The Morgan fingerprint density at radius 2 is 2.46 bits per heavy atom. The van der Waals surface area contributed by atoms with Crippen LogP contribution < -0.4 is 0 Å². The molecule has 4 heteroatoms. The van der Waals surface area contributed by atoms with Gasteiger partial charge < -0.3 is 9.67 Å². The highest BCUT2D eigenvalue weighted by Gasteiger charge is 2.29. The van der Waals surface area contributed by atoms with Crippen LogP contribution >= 0.6 is 0 Å². The van der Waals surface area contributed by atoms with Gasteiger partial charge in [-0.3, -0.25) is 0 Å². The summed E-state index contributed by atoms with van der Waals surface area (Å²) in [6.07, 6.45) is 4.69. The maximum atomic E-state index is 10.8. The fraction of sp³-hybridized carbons (Fsp3) is 0.556. The average Bonchev–Trinajstić information content (AvgIpc) is 2.84. The maximum Gasteiger partial charge on any atom is 0.372 e. The number of hydrogen-bond donors (Lipinski definition) is 1. The molecule has 0 unspecified atom stereocenters. The zero-order valence-corrected chi connectivity index (χ0v) is 7.53. The van der Waals surface area contributed by atoms with Crippen molar-refractivity contribution in [2.45, 2.75) is 32.2 Å². The van der Waals surface area contributed by atoms with Gasteiger partial charge >= 0.3 is 5.97 Å². The molecular formula is C9H12N2O2. The molecule has 1 N–H and O–H groups in total. The molecule has 0 aliphatic heterocycles. The van der Waals surface area contributed by atoms with Crippen molar-refractivity contribution in [3.05, 3.63) is 17.7 Å². The largest absolute Gasteiger partial charge is 0.475 e. The minimum atomic E-state index is -0.924. The van der Waals surface area contributed by atoms with Gasteiger partial charge in [0.05, 0.1) is 0 Å². The van der Waals surface area contributed by atoms with Crippen molar-refractivity contribution in [2.75, 3.05) is 0 Å². The molecule has 0 bridgehead atoms. The zero-order chi connectivity index (χ0) is 9.42. The topological polar surface area (TPSA) is 55.1 Å². The molecule has 0 saturated heterocycles. The van der Waals surface area contributed by atoms with Crippen molar-refractivity contribution in [1.82, 2.24) is 9.55 Å². The molecular weight excluding hydrogens is 168 g/mol. The van der Waals surface area contributed by atoms with Crippen LogP contribution in [0.15, 0.2) is 6.20 Å². The van der Waals surface area contributed by atoms with Gasteiger partial charge in [-0.1, -0.05) is 6.92 Å². The first-order valence-electron chi connectivity index (χ1n) is 4.53. The number of hydrogen-bond acceptors (Lipinski definition) is 2. The Bertz CT molecular complexity index is 339. The van der Waals surface area contributed by atoms with E-state index in [0.29, 0.717) is 6.04 Å². The number of aromatic nitrogens is 2. The number of imidazole rings is 1. The first kappa shape index (κ1) is 8.29. The number of carboxylic acids is 1. The minimum Gasteiger partial charge on any atom is -0.475 e. The van der Waals surface area contributed by atoms with Crippen LogP contribution in [0, 0.1) is 0 Å². The molecule has 13 heavy (non-hydrogen) atoms. The molecule has 1 saturated carbocycles. The van der Waals surface area contributed by atoms with Gasteiger partial charge in [0, 0.05) is 17.9 Å². The second kappa shape index (κ2) is 2.87. The Labute approximate surface area is 76.2 Å². The number of carbonyl (C=O) groups is 1. The van der Waals surface area contributed by atoms with E-state index in [1.165, 1.54) is 0 Å². The molecule has 1 aliphatic rings. The average molecular weight is 180 g/mol. The third-order valence-electron chi connectivity index (χ3n) is 2.34. The predicted molar refractivity (Wildman–Crippen MR) is 46.8 cm³/mol. The van der Waals surface area contributed by atoms with E-state index < -0.39 is 5.97 Å². The van der Waals surface area contributed by atoms with Crippen molar-refractivity contribution in [3.63, 3.8) is 0 Å². The van der Waals surface area contributed by atoms with Crippen LogP contribution in [0.2, 0.25) is 0 Å². The standard InChI is InChI=1S/C9H12N2O2/c1-2-6-5-10-8(9(12)13)11(6)7-3-4-7/h5,7H,2-4H2,1H3,(H,12,13). The highest BCUT2D eigenvalue weighted by Crippen LogP contribution is 2.37. The van der Waals surface area contributed by atoms with Crippen molar-refractivity contribution >= 4 is 5.97 Å². The molecule has 1 aromatic rings. The Hall–Kier alpha value is -1.32. The molecule has 2 rings (SSSR count). The van der Waals surface area contributed by atoms with E-state index in [4.69, 9.17) is 5.11 Å². The predicted octanol–water partition coefficient (Wildman–Crippen LogP) is 1.48. The number of rotatable bonds is 3. The fourth-order valence-corrected chi connectivity index (χ4v) is 1.56. The molecule has 0 radical (unpaired) electrons. The second-order valence-corrected chi connectivity index (χ2v) is 3.33. The summed E-state index contributed by atoms with van der Waals surface area (Å²) in [5.74, 6) is -0.731. The van der Waals surface area contributed by atoms with E-state index in [2.05, 4.69) is 4.98 Å². The van der Waals surface area contributed by atoms with Crippen LogP contribution in [-0.4, -0.2) is 20.6 Å². The second-order valence-electron chi connectivity index (χ2n) is 3.33. The lowest BCUT2D eigenvalue weighted by Gasteiger charge is -2.05. The van der Waals surface area contributed by atoms with Crippen LogP contribution in [-0.2, 0) is 6.42 Å². The van der Waals surface area contributed by atoms with Gasteiger partial charge in [-0.15, -0.1) is 0 Å². The van der Waals surface area contributed by atoms with Crippen molar-refractivity contribution in [3.8, 4) is 0 Å². The van der Waals surface area contributed by atoms with E-state index >= 15 is 0 Å². The monoisotopic (exact) mass is 180 g/mol. The molecule has 0 atom stereocenters. The molecule has 1 fully saturated rings. The van der Waals surface area contributed by atoms with Gasteiger partial charge in [-0.25, -0.2) is 9.78 Å². The van der Waals surface area contributed by atoms with E-state index in [1.807, 2.05) is 11.5 Å². The van der Waals surface area contributed by atoms with Crippen molar-refractivity contribution in [1.29, 1.82) is 0 Å². The number of aryl methyl sites for hydroxylation is 1. The Morgan fingerprint density at radius 3 is 2.92 bits per heavy atom. The third kappa shape index (κ3) is 1.32. The van der Waals surface area contributed by atoms with Crippen LogP contribution in [0.5, 0.6) is 0 Å². The number of aromatic carboxylic acids is 1. The van der Waals surface area contributed by atoms with E-state index in [1.54, 1.807) is 6.20 Å². The molecule has 1 heterocycles. The summed E-state index contributed by atoms with van der Waals surface area (Å²) in [6.45, 7) is 2.02. The summed E-state index contributed by atoms with van der Waals surface area (Å²) in [4.78, 5) is 14.7. The first-order chi connectivity index (χ1) is 6.24. The van der Waals surface area contributed by atoms with Crippen molar-refractivity contribution in [2.24, 2.45) is 0 Å². The lowest BCUT2D eigenvalue weighted by molar-refractivity contribution is 0.0677. The lowest BCUT2D eigenvalue weighted by Crippen LogP contribution is -2.10. The summed E-state index contributed by atoms with van der Waals surface area (Å²) < 4.78 is 1.86. The van der Waals surface area contributed by atoms with Gasteiger partial charge in [-0.05, 0) is 19.3 Å². The van der Waals surface area contributed by atoms with Crippen LogP contribution in [0.1, 0.15) is 42.1 Å². The molecule has 0 amide bonds. The summed E-state index contributed by atoms with van der Waals surface area (Å²) in [5.41, 5.74) is 1.03. The van der Waals surface area contributed by atoms with Crippen molar-refractivity contribution < 1.29 is 9.90 Å². The van der Waals surface area contributed by atoms with E-state index in [9.17, 15) is 4.79 Å². The highest BCUT2D eigenvalue weighted by molar-refractivity contribution is 5.83. The lowest BCUT2D eigenvalue weighted by atomic mass is 10.3. The third-order valence-corrected chi connectivity index (χ3v) is 2.34. The summed E-state index contributed by atoms with van der Waals surface area (Å²) in [7, 11) is 0. The number of nitrogens with zero attached hydrogens (tertiary/aromatic N) is 2. The SMILES string of the molecule is CCc1cnc(C(=O)O)n1C1CC1. The number of carboxylic acid groups (broad SMARTS) is 1. The van der Waals surface area contributed by atoms with Crippen LogP contribution in [0.3, 0.4) is 0 Å².